The molecule has 3 rings (SSSR count). The number of halogens is 1. The third-order valence-corrected chi connectivity index (χ3v) is 3.72. The second-order valence-electron chi connectivity index (χ2n) is 5.29. The van der Waals surface area contributed by atoms with Crippen molar-refractivity contribution >= 4 is 11.6 Å². The Morgan fingerprint density at radius 3 is 2.57 bits per heavy atom. The molecule has 0 unspecified atom stereocenters. The molecular weight excluding hydrogens is 267 g/mol. The molecule has 0 saturated carbocycles. The van der Waals surface area contributed by atoms with Crippen LogP contribution in [0, 0.1) is 5.82 Å². The molecule has 0 radical (unpaired) electrons. The Labute approximate surface area is 124 Å². The molecule has 0 atom stereocenters. The van der Waals surface area contributed by atoms with Crippen molar-refractivity contribution in [2.75, 3.05) is 23.3 Å². The second kappa shape index (κ2) is 6.52. The van der Waals surface area contributed by atoms with Gasteiger partial charge in [0.2, 0.25) is 0 Å². The molecule has 21 heavy (non-hydrogen) atoms. The fourth-order valence-electron chi connectivity index (χ4n) is 2.53. The van der Waals surface area contributed by atoms with Crippen molar-refractivity contribution in [1.29, 1.82) is 0 Å². The van der Waals surface area contributed by atoms with Gasteiger partial charge in [0.05, 0.1) is 0 Å². The molecule has 4 nitrogen and oxygen atoms in total. The Hall–Kier alpha value is -2.17. The van der Waals surface area contributed by atoms with Crippen LogP contribution in [0.2, 0.25) is 0 Å². The van der Waals surface area contributed by atoms with Crippen LogP contribution in [0.3, 0.4) is 0 Å². The van der Waals surface area contributed by atoms with Crippen molar-refractivity contribution in [3.63, 3.8) is 0 Å². The maximum absolute atomic E-state index is 12.9. The topological polar surface area (TPSA) is 41.0 Å². The molecule has 2 aromatic rings. The van der Waals surface area contributed by atoms with Crippen LogP contribution in [0.5, 0.6) is 0 Å². The van der Waals surface area contributed by atoms with Crippen molar-refractivity contribution in [3.05, 3.63) is 48.0 Å². The summed E-state index contributed by atoms with van der Waals surface area (Å²) in [6.07, 6.45) is 5.35. The van der Waals surface area contributed by atoms with Crippen LogP contribution in [0.1, 0.15) is 24.8 Å². The minimum atomic E-state index is -0.215. The average molecular weight is 286 g/mol. The van der Waals surface area contributed by atoms with E-state index in [1.165, 1.54) is 31.4 Å². The average Bonchev–Trinajstić information content (AvgIpc) is 2.55. The van der Waals surface area contributed by atoms with Gasteiger partial charge in [-0.2, -0.15) is 0 Å². The number of nitrogens with zero attached hydrogens (tertiary/aromatic N) is 3. The quantitative estimate of drug-likeness (QED) is 0.937. The zero-order valence-electron chi connectivity index (χ0n) is 11.9. The molecular formula is C16H19FN4. The van der Waals surface area contributed by atoms with Crippen LogP contribution >= 0.6 is 0 Å². The summed E-state index contributed by atoms with van der Waals surface area (Å²) in [6.45, 7) is 2.75. The summed E-state index contributed by atoms with van der Waals surface area (Å²) in [7, 11) is 0. The first kappa shape index (κ1) is 13.8. The zero-order valence-corrected chi connectivity index (χ0v) is 11.9. The van der Waals surface area contributed by atoms with Gasteiger partial charge in [0.25, 0.3) is 0 Å². The van der Waals surface area contributed by atoms with Crippen molar-refractivity contribution in [2.24, 2.45) is 0 Å². The van der Waals surface area contributed by atoms with E-state index in [0.717, 1.165) is 30.3 Å². The lowest BCUT2D eigenvalue weighted by atomic mass is 10.1. The minimum absolute atomic E-state index is 0.215. The van der Waals surface area contributed by atoms with E-state index in [1.54, 1.807) is 18.5 Å². The van der Waals surface area contributed by atoms with E-state index in [9.17, 15) is 4.39 Å². The molecule has 1 aromatic heterocycles. The molecule has 1 aliphatic rings. The van der Waals surface area contributed by atoms with Gasteiger partial charge in [0, 0.05) is 25.7 Å². The van der Waals surface area contributed by atoms with Gasteiger partial charge in [0.15, 0.2) is 0 Å². The molecule has 1 fully saturated rings. The van der Waals surface area contributed by atoms with Gasteiger partial charge < -0.3 is 10.2 Å². The Kier molecular flexibility index (Phi) is 4.28. The fraction of sp³-hybridized carbons (Fsp3) is 0.375. The summed E-state index contributed by atoms with van der Waals surface area (Å²) in [6, 6.07) is 8.46. The molecule has 5 heteroatoms. The van der Waals surface area contributed by atoms with Crippen LogP contribution < -0.4 is 10.2 Å². The van der Waals surface area contributed by atoms with Gasteiger partial charge >= 0.3 is 0 Å². The van der Waals surface area contributed by atoms with Gasteiger partial charge in [-0.1, -0.05) is 12.1 Å². The molecule has 2 heterocycles. The number of rotatable bonds is 4. The SMILES string of the molecule is Fc1ccc(CNc2cc(N3CCCCC3)ncn2)cc1. The van der Waals surface area contributed by atoms with Crippen LogP contribution in [0.25, 0.3) is 0 Å². The number of benzene rings is 1. The molecule has 0 bridgehead atoms. The summed E-state index contributed by atoms with van der Waals surface area (Å²) < 4.78 is 12.9. The maximum Gasteiger partial charge on any atom is 0.134 e. The van der Waals surface area contributed by atoms with Crippen LogP contribution in [0.4, 0.5) is 16.0 Å². The molecule has 1 N–H and O–H groups in total. The van der Waals surface area contributed by atoms with Crippen molar-refractivity contribution in [2.45, 2.75) is 25.8 Å². The standard InChI is InChI=1S/C16H19FN4/c17-14-6-4-13(5-7-14)11-18-15-10-16(20-12-19-15)21-8-2-1-3-9-21/h4-7,10,12H,1-3,8-9,11H2,(H,18,19,20). The normalized spacial score (nSPS) is 15.0. The third-order valence-electron chi connectivity index (χ3n) is 3.72. The Balaban J connectivity index is 1.64. The Bertz CT molecular complexity index is 579. The largest absolute Gasteiger partial charge is 0.366 e. The maximum atomic E-state index is 12.9. The molecule has 1 aromatic carbocycles. The van der Waals surface area contributed by atoms with Crippen molar-refractivity contribution in [3.8, 4) is 0 Å². The third kappa shape index (κ3) is 3.68. The number of piperidine rings is 1. The van der Waals surface area contributed by atoms with E-state index < -0.39 is 0 Å². The van der Waals surface area contributed by atoms with Crippen molar-refractivity contribution in [1.82, 2.24) is 9.97 Å². The molecule has 0 amide bonds. The van der Waals surface area contributed by atoms with Gasteiger partial charge in [-0.25, -0.2) is 14.4 Å². The number of hydrogen-bond donors (Lipinski definition) is 1. The lowest BCUT2D eigenvalue weighted by Gasteiger charge is -2.27. The number of nitrogens with one attached hydrogen (secondary N) is 1. The van der Waals surface area contributed by atoms with E-state index in [4.69, 9.17) is 0 Å². The molecule has 110 valence electrons. The summed E-state index contributed by atoms with van der Waals surface area (Å²) >= 11 is 0. The lowest BCUT2D eigenvalue weighted by Crippen LogP contribution is -2.30. The molecule has 0 spiro atoms. The first-order valence-electron chi connectivity index (χ1n) is 7.36. The minimum Gasteiger partial charge on any atom is -0.366 e. The van der Waals surface area contributed by atoms with E-state index in [2.05, 4.69) is 20.2 Å². The highest BCUT2D eigenvalue weighted by molar-refractivity contribution is 5.48. The van der Waals surface area contributed by atoms with Crippen LogP contribution in [0.15, 0.2) is 36.7 Å². The first-order valence-corrected chi connectivity index (χ1v) is 7.36. The highest BCUT2D eigenvalue weighted by atomic mass is 19.1. The highest BCUT2D eigenvalue weighted by Crippen LogP contribution is 2.19. The summed E-state index contributed by atoms with van der Waals surface area (Å²) in [5.41, 5.74) is 1.02. The van der Waals surface area contributed by atoms with E-state index in [-0.39, 0.29) is 5.82 Å². The summed E-state index contributed by atoms with van der Waals surface area (Å²) in [5, 5.41) is 3.26. The Morgan fingerprint density at radius 2 is 1.81 bits per heavy atom. The zero-order chi connectivity index (χ0) is 14.5. The molecule has 1 aliphatic heterocycles. The van der Waals surface area contributed by atoms with E-state index in [1.807, 2.05) is 6.07 Å². The molecule has 0 aliphatic carbocycles. The van der Waals surface area contributed by atoms with Gasteiger partial charge in [-0.3, -0.25) is 0 Å². The van der Waals surface area contributed by atoms with E-state index >= 15 is 0 Å². The monoisotopic (exact) mass is 286 g/mol. The van der Waals surface area contributed by atoms with E-state index in [0.29, 0.717) is 6.54 Å². The number of anilines is 2. The number of aromatic nitrogens is 2. The summed E-state index contributed by atoms with van der Waals surface area (Å²) in [5.74, 6) is 1.56. The Morgan fingerprint density at radius 1 is 1.05 bits per heavy atom. The predicted octanol–water partition coefficient (Wildman–Crippen LogP) is 3.22. The van der Waals surface area contributed by atoms with Gasteiger partial charge in [0.1, 0.15) is 23.8 Å². The van der Waals surface area contributed by atoms with Gasteiger partial charge in [-0.05, 0) is 37.0 Å². The molecule has 1 saturated heterocycles. The fourth-order valence-corrected chi connectivity index (χ4v) is 2.53. The first-order chi connectivity index (χ1) is 10.3. The van der Waals surface area contributed by atoms with Gasteiger partial charge in [-0.15, -0.1) is 0 Å². The lowest BCUT2D eigenvalue weighted by molar-refractivity contribution is 0.573. The smallest absolute Gasteiger partial charge is 0.134 e. The summed E-state index contributed by atoms with van der Waals surface area (Å²) in [4.78, 5) is 10.9. The highest BCUT2D eigenvalue weighted by Gasteiger charge is 2.12. The van der Waals surface area contributed by atoms with Crippen LogP contribution in [-0.4, -0.2) is 23.1 Å². The predicted molar refractivity (Wildman–Crippen MR) is 81.8 cm³/mol. The van der Waals surface area contributed by atoms with Crippen molar-refractivity contribution < 1.29 is 4.39 Å². The number of hydrogen-bond acceptors (Lipinski definition) is 4. The second-order valence-corrected chi connectivity index (χ2v) is 5.29. The van der Waals surface area contributed by atoms with Crippen LogP contribution in [-0.2, 0) is 6.54 Å².